The number of methoxy groups -OCH3 is 2. The lowest BCUT2D eigenvalue weighted by molar-refractivity contribution is 0.184. The van der Waals surface area contributed by atoms with E-state index in [1.807, 2.05) is 36.4 Å². The van der Waals surface area contributed by atoms with Gasteiger partial charge in [0.05, 0.1) is 19.3 Å². The van der Waals surface area contributed by atoms with E-state index in [4.69, 9.17) is 19.5 Å². The van der Waals surface area contributed by atoms with E-state index in [1.165, 1.54) is 0 Å². The summed E-state index contributed by atoms with van der Waals surface area (Å²) in [4.78, 5) is 0. The molecule has 0 fully saturated rings. The van der Waals surface area contributed by atoms with Crippen LogP contribution in [0.15, 0.2) is 42.5 Å². The van der Waals surface area contributed by atoms with Crippen LogP contribution in [-0.2, 0) is 18.0 Å². The second-order valence-electron chi connectivity index (χ2n) is 4.52. The van der Waals surface area contributed by atoms with Crippen LogP contribution in [-0.4, -0.2) is 14.2 Å². The van der Waals surface area contributed by atoms with E-state index in [-0.39, 0.29) is 0 Å². The monoisotopic (exact) mass is 283 g/mol. The molecule has 108 valence electrons. The van der Waals surface area contributed by atoms with E-state index in [2.05, 4.69) is 6.07 Å². The van der Waals surface area contributed by atoms with Crippen molar-refractivity contribution in [3.05, 3.63) is 59.2 Å². The van der Waals surface area contributed by atoms with Gasteiger partial charge in [0, 0.05) is 7.11 Å². The smallest absolute Gasteiger partial charge is 0.137 e. The molecule has 21 heavy (non-hydrogen) atoms. The number of hydrogen-bond donors (Lipinski definition) is 0. The van der Waals surface area contributed by atoms with Gasteiger partial charge in [0.2, 0.25) is 0 Å². The van der Waals surface area contributed by atoms with E-state index >= 15 is 0 Å². The third-order valence-corrected chi connectivity index (χ3v) is 3.00. The van der Waals surface area contributed by atoms with Gasteiger partial charge in [0.15, 0.2) is 0 Å². The summed E-state index contributed by atoms with van der Waals surface area (Å²) in [6, 6.07) is 15.3. The molecule has 4 heteroatoms. The van der Waals surface area contributed by atoms with Crippen LogP contribution in [0.4, 0.5) is 0 Å². The van der Waals surface area contributed by atoms with Gasteiger partial charge in [-0.25, -0.2) is 0 Å². The zero-order valence-corrected chi connectivity index (χ0v) is 12.1. The Morgan fingerprint density at radius 2 is 1.81 bits per heavy atom. The van der Waals surface area contributed by atoms with Gasteiger partial charge >= 0.3 is 0 Å². The van der Waals surface area contributed by atoms with Gasteiger partial charge in [0.25, 0.3) is 0 Å². The maximum Gasteiger partial charge on any atom is 0.137 e. The fraction of sp³-hybridized carbons (Fsp3) is 0.235. The number of nitrogens with zero attached hydrogens (tertiary/aromatic N) is 1. The molecule has 0 N–H and O–H groups in total. The van der Waals surface area contributed by atoms with Crippen molar-refractivity contribution in [3.8, 4) is 17.6 Å². The van der Waals surface area contributed by atoms with Gasteiger partial charge < -0.3 is 14.2 Å². The molecule has 0 aliphatic rings. The Morgan fingerprint density at radius 3 is 2.52 bits per heavy atom. The average Bonchev–Trinajstić information content (AvgIpc) is 2.53. The van der Waals surface area contributed by atoms with E-state index in [0.717, 1.165) is 16.9 Å². The minimum absolute atomic E-state index is 0.415. The molecule has 0 spiro atoms. The molecule has 0 saturated carbocycles. The lowest BCUT2D eigenvalue weighted by Crippen LogP contribution is -1.98. The summed E-state index contributed by atoms with van der Waals surface area (Å²) in [5, 5.41) is 8.96. The number of hydrogen-bond acceptors (Lipinski definition) is 4. The Labute approximate surface area is 124 Å². The van der Waals surface area contributed by atoms with Gasteiger partial charge in [-0.1, -0.05) is 18.2 Å². The molecule has 2 aromatic rings. The first kappa shape index (κ1) is 14.9. The molecule has 0 heterocycles. The topological polar surface area (TPSA) is 51.5 Å². The summed E-state index contributed by atoms with van der Waals surface area (Å²) in [5.74, 6) is 1.35. The summed E-state index contributed by atoms with van der Waals surface area (Å²) in [7, 11) is 3.21. The SMILES string of the molecule is COCc1cccc(OCc2ccc(C#N)c(OC)c2)c1. The summed E-state index contributed by atoms with van der Waals surface area (Å²) in [5.41, 5.74) is 2.53. The van der Waals surface area contributed by atoms with Crippen molar-refractivity contribution < 1.29 is 14.2 Å². The third kappa shape index (κ3) is 3.98. The van der Waals surface area contributed by atoms with E-state index < -0.39 is 0 Å². The van der Waals surface area contributed by atoms with Crippen molar-refractivity contribution in [1.82, 2.24) is 0 Å². The van der Waals surface area contributed by atoms with Crippen molar-refractivity contribution >= 4 is 0 Å². The van der Waals surface area contributed by atoms with Crippen molar-refractivity contribution in [3.63, 3.8) is 0 Å². The van der Waals surface area contributed by atoms with Crippen LogP contribution in [0.3, 0.4) is 0 Å². The maximum absolute atomic E-state index is 8.96. The first-order chi connectivity index (χ1) is 10.3. The molecule has 2 aromatic carbocycles. The minimum Gasteiger partial charge on any atom is -0.495 e. The van der Waals surface area contributed by atoms with Gasteiger partial charge in [-0.15, -0.1) is 0 Å². The van der Waals surface area contributed by atoms with Gasteiger partial charge in [0.1, 0.15) is 24.2 Å². The van der Waals surface area contributed by atoms with Crippen LogP contribution in [0, 0.1) is 11.3 Å². The normalized spacial score (nSPS) is 9.95. The zero-order valence-electron chi connectivity index (χ0n) is 12.1. The number of nitriles is 1. The first-order valence-corrected chi connectivity index (χ1v) is 6.54. The summed E-state index contributed by atoms with van der Waals surface area (Å²) >= 11 is 0. The Balaban J connectivity index is 2.06. The standard InChI is InChI=1S/C17H17NO3/c1-19-11-13-4-3-5-16(8-13)21-12-14-6-7-15(10-18)17(9-14)20-2/h3-9H,11-12H2,1-2H3. The highest BCUT2D eigenvalue weighted by molar-refractivity contribution is 5.45. The third-order valence-electron chi connectivity index (χ3n) is 3.00. The van der Waals surface area contributed by atoms with Crippen molar-refractivity contribution in [1.29, 1.82) is 5.26 Å². The molecule has 0 atom stereocenters. The highest BCUT2D eigenvalue weighted by atomic mass is 16.5. The molecule has 0 unspecified atom stereocenters. The molecule has 4 nitrogen and oxygen atoms in total. The largest absolute Gasteiger partial charge is 0.495 e. The molecular weight excluding hydrogens is 266 g/mol. The molecule has 0 amide bonds. The van der Waals surface area contributed by atoms with Gasteiger partial charge in [-0.05, 0) is 35.4 Å². The molecule has 0 aromatic heterocycles. The van der Waals surface area contributed by atoms with E-state index in [1.54, 1.807) is 20.3 Å². The number of benzene rings is 2. The van der Waals surface area contributed by atoms with Gasteiger partial charge in [-0.2, -0.15) is 5.26 Å². The maximum atomic E-state index is 8.96. The molecule has 0 aliphatic carbocycles. The van der Waals surface area contributed by atoms with Crippen molar-refractivity contribution in [2.45, 2.75) is 13.2 Å². The molecule has 0 aliphatic heterocycles. The summed E-state index contributed by atoms with van der Waals surface area (Å²) in [6.07, 6.45) is 0. The molecular formula is C17H17NO3. The zero-order chi connectivity index (χ0) is 15.1. The first-order valence-electron chi connectivity index (χ1n) is 6.54. The molecule has 0 radical (unpaired) electrons. The van der Waals surface area contributed by atoms with Crippen molar-refractivity contribution in [2.24, 2.45) is 0 Å². The van der Waals surface area contributed by atoms with Crippen LogP contribution in [0.25, 0.3) is 0 Å². The fourth-order valence-corrected chi connectivity index (χ4v) is 1.98. The second kappa shape index (κ2) is 7.32. The minimum atomic E-state index is 0.415. The molecule has 0 bridgehead atoms. The Kier molecular flexibility index (Phi) is 5.19. The summed E-state index contributed by atoms with van der Waals surface area (Å²) in [6.45, 7) is 0.973. The Hall–Kier alpha value is -2.51. The number of rotatable bonds is 6. The Morgan fingerprint density at radius 1 is 1.00 bits per heavy atom. The number of ether oxygens (including phenoxy) is 3. The van der Waals surface area contributed by atoms with Crippen LogP contribution in [0.2, 0.25) is 0 Å². The second-order valence-corrected chi connectivity index (χ2v) is 4.52. The highest BCUT2D eigenvalue weighted by Gasteiger charge is 2.04. The Bertz CT molecular complexity index is 647. The predicted molar refractivity (Wildman–Crippen MR) is 79.2 cm³/mol. The summed E-state index contributed by atoms with van der Waals surface area (Å²) < 4.78 is 16.0. The van der Waals surface area contributed by atoms with Crippen LogP contribution >= 0.6 is 0 Å². The van der Waals surface area contributed by atoms with Gasteiger partial charge in [-0.3, -0.25) is 0 Å². The average molecular weight is 283 g/mol. The highest BCUT2D eigenvalue weighted by Crippen LogP contribution is 2.21. The van der Waals surface area contributed by atoms with Crippen LogP contribution < -0.4 is 9.47 Å². The van der Waals surface area contributed by atoms with E-state index in [9.17, 15) is 0 Å². The van der Waals surface area contributed by atoms with Crippen molar-refractivity contribution in [2.75, 3.05) is 14.2 Å². The van der Waals surface area contributed by atoms with Crippen LogP contribution in [0.5, 0.6) is 11.5 Å². The lowest BCUT2D eigenvalue weighted by atomic mass is 10.1. The predicted octanol–water partition coefficient (Wildman–Crippen LogP) is 3.29. The molecule has 0 saturated heterocycles. The van der Waals surface area contributed by atoms with Crippen LogP contribution in [0.1, 0.15) is 16.7 Å². The molecule has 2 rings (SSSR count). The lowest BCUT2D eigenvalue weighted by Gasteiger charge is -2.09. The fourth-order valence-electron chi connectivity index (χ4n) is 1.98. The quantitative estimate of drug-likeness (QED) is 0.816. The van der Waals surface area contributed by atoms with E-state index in [0.29, 0.717) is 24.5 Å².